The molecule has 1 heterocycles. The van der Waals surface area contributed by atoms with Gasteiger partial charge in [-0.1, -0.05) is 0 Å². The van der Waals surface area contributed by atoms with Crippen molar-refractivity contribution in [2.45, 2.75) is 13.0 Å². The van der Waals surface area contributed by atoms with Gasteiger partial charge in [0.1, 0.15) is 6.10 Å². The van der Waals surface area contributed by atoms with Crippen molar-refractivity contribution in [3.05, 3.63) is 5.82 Å². The van der Waals surface area contributed by atoms with Crippen molar-refractivity contribution < 1.29 is 4.74 Å². The van der Waals surface area contributed by atoms with Crippen molar-refractivity contribution in [2.75, 3.05) is 19.5 Å². The third-order valence-electron chi connectivity index (χ3n) is 1.85. The molecule has 1 unspecified atom stereocenters. The van der Waals surface area contributed by atoms with Crippen LogP contribution < -0.4 is 5.32 Å². The summed E-state index contributed by atoms with van der Waals surface area (Å²) >= 11 is 0. The lowest BCUT2D eigenvalue weighted by Gasteiger charge is -2.08. The number of nitrogens with one attached hydrogen (secondary N) is 1. The number of hydrogen-bond donors (Lipinski definition) is 1. The van der Waals surface area contributed by atoms with Crippen LogP contribution in [-0.4, -0.2) is 28.9 Å². The summed E-state index contributed by atoms with van der Waals surface area (Å²) in [5, 5.41) is 10.8. The molecule has 1 aromatic rings. The van der Waals surface area contributed by atoms with E-state index in [0.717, 1.165) is 11.8 Å². The molecule has 0 saturated carbocycles. The minimum Gasteiger partial charge on any atom is -0.374 e. The van der Waals surface area contributed by atoms with Crippen molar-refractivity contribution in [2.24, 2.45) is 7.05 Å². The van der Waals surface area contributed by atoms with E-state index >= 15 is 0 Å². The van der Waals surface area contributed by atoms with Crippen LogP contribution in [0.2, 0.25) is 0 Å². The number of methoxy groups -OCH3 is 1. The molecule has 0 aromatic carbocycles. The van der Waals surface area contributed by atoms with Gasteiger partial charge in [-0.25, -0.2) is 0 Å². The van der Waals surface area contributed by atoms with Gasteiger partial charge in [0.05, 0.1) is 0 Å². The highest BCUT2D eigenvalue weighted by atomic mass is 16.5. The van der Waals surface area contributed by atoms with E-state index in [0.29, 0.717) is 0 Å². The zero-order chi connectivity index (χ0) is 9.14. The molecule has 0 bridgehead atoms. The van der Waals surface area contributed by atoms with E-state index in [-0.39, 0.29) is 6.10 Å². The molecule has 0 amide bonds. The van der Waals surface area contributed by atoms with Crippen molar-refractivity contribution in [3.8, 4) is 0 Å². The summed E-state index contributed by atoms with van der Waals surface area (Å²) in [4.78, 5) is 0. The Labute approximate surface area is 71.7 Å². The largest absolute Gasteiger partial charge is 0.374 e. The normalized spacial score (nSPS) is 13.0. The van der Waals surface area contributed by atoms with Crippen LogP contribution in [0.15, 0.2) is 0 Å². The van der Waals surface area contributed by atoms with Crippen LogP contribution in [-0.2, 0) is 11.8 Å². The number of rotatable bonds is 3. The van der Waals surface area contributed by atoms with E-state index in [9.17, 15) is 0 Å². The van der Waals surface area contributed by atoms with E-state index in [4.69, 9.17) is 4.74 Å². The Kier molecular flexibility index (Phi) is 2.65. The molecule has 0 spiro atoms. The SMILES string of the molecule is CNc1nnc(C(C)OC)n1C. The summed E-state index contributed by atoms with van der Waals surface area (Å²) in [6, 6.07) is 0. The Hall–Kier alpha value is -1.10. The first-order valence-electron chi connectivity index (χ1n) is 3.80. The second-order valence-electron chi connectivity index (χ2n) is 2.57. The van der Waals surface area contributed by atoms with Crippen molar-refractivity contribution in [3.63, 3.8) is 0 Å². The van der Waals surface area contributed by atoms with Crippen LogP contribution in [0.5, 0.6) is 0 Å². The quantitative estimate of drug-likeness (QED) is 0.720. The van der Waals surface area contributed by atoms with Gasteiger partial charge in [-0.15, -0.1) is 10.2 Å². The summed E-state index contributed by atoms with van der Waals surface area (Å²) in [5.74, 6) is 1.57. The summed E-state index contributed by atoms with van der Waals surface area (Å²) in [6.07, 6.45) is -0.0235. The number of nitrogens with zero attached hydrogens (tertiary/aromatic N) is 3. The van der Waals surface area contributed by atoms with Crippen molar-refractivity contribution in [1.82, 2.24) is 14.8 Å². The van der Waals surface area contributed by atoms with Gasteiger partial charge in [-0.3, -0.25) is 4.57 Å². The average molecular weight is 170 g/mol. The molecule has 1 aromatic heterocycles. The molecular formula is C7H14N4O. The first-order chi connectivity index (χ1) is 5.70. The van der Waals surface area contributed by atoms with Crippen LogP contribution >= 0.6 is 0 Å². The van der Waals surface area contributed by atoms with Crippen LogP contribution in [0, 0.1) is 0 Å². The maximum absolute atomic E-state index is 5.12. The third-order valence-corrected chi connectivity index (χ3v) is 1.85. The molecule has 1 atom stereocenters. The molecule has 68 valence electrons. The molecule has 1 rings (SSSR count). The number of aromatic nitrogens is 3. The van der Waals surface area contributed by atoms with E-state index in [1.165, 1.54) is 0 Å². The van der Waals surface area contributed by atoms with Gasteiger partial charge in [-0.05, 0) is 6.92 Å². The minimum atomic E-state index is -0.0235. The topological polar surface area (TPSA) is 52.0 Å². The maximum atomic E-state index is 5.12. The van der Waals surface area contributed by atoms with Crippen molar-refractivity contribution >= 4 is 5.95 Å². The lowest BCUT2D eigenvalue weighted by molar-refractivity contribution is 0.109. The zero-order valence-electron chi connectivity index (χ0n) is 7.83. The summed E-state index contributed by atoms with van der Waals surface area (Å²) < 4.78 is 6.99. The third kappa shape index (κ3) is 1.40. The van der Waals surface area contributed by atoms with E-state index in [2.05, 4.69) is 15.5 Å². The Morgan fingerprint density at radius 2 is 2.17 bits per heavy atom. The lowest BCUT2D eigenvalue weighted by Crippen LogP contribution is -2.06. The second kappa shape index (κ2) is 3.53. The molecule has 1 N–H and O–H groups in total. The van der Waals surface area contributed by atoms with Crippen LogP contribution in [0.3, 0.4) is 0 Å². The van der Waals surface area contributed by atoms with Crippen LogP contribution in [0.25, 0.3) is 0 Å². The molecule has 0 saturated heterocycles. The first-order valence-corrected chi connectivity index (χ1v) is 3.80. The molecule has 0 aliphatic carbocycles. The summed E-state index contributed by atoms with van der Waals surface area (Å²) in [6.45, 7) is 1.93. The molecule has 0 aliphatic rings. The highest BCUT2D eigenvalue weighted by Crippen LogP contribution is 2.14. The molecule has 0 aliphatic heterocycles. The second-order valence-corrected chi connectivity index (χ2v) is 2.57. The van der Waals surface area contributed by atoms with Gasteiger partial charge in [-0.2, -0.15) is 0 Å². The standard InChI is InChI=1S/C7H14N4O/c1-5(12-4)6-9-10-7(8-2)11(6)3/h5H,1-4H3,(H,8,10). The van der Waals surface area contributed by atoms with Crippen LogP contribution in [0.4, 0.5) is 5.95 Å². The number of hydrogen-bond acceptors (Lipinski definition) is 4. The minimum absolute atomic E-state index is 0.0235. The maximum Gasteiger partial charge on any atom is 0.224 e. The Balaban J connectivity index is 2.93. The van der Waals surface area contributed by atoms with E-state index in [1.807, 2.05) is 25.6 Å². The first kappa shape index (κ1) is 8.99. The average Bonchev–Trinajstić information content (AvgIpc) is 2.45. The fourth-order valence-electron chi connectivity index (χ4n) is 1.02. The Morgan fingerprint density at radius 1 is 1.50 bits per heavy atom. The van der Waals surface area contributed by atoms with Gasteiger partial charge in [0.2, 0.25) is 5.95 Å². The van der Waals surface area contributed by atoms with Gasteiger partial charge < -0.3 is 10.1 Å². The highest BCUT2D eigenvalue weighted by molar-refractivity contribution is 5.24. The van der Waals surface area contributed by atoms with Gasteiger partial charge >= 0.3 is 0 Å². The molecular weight excluding hydrogens is 156 g/mol. The molecule has 5 heteroatoms. The lowest BCUT2D eigenvalue weighted by atomic mass is 10.4. The van der Waals surface area contributed by atoms with Crippen molar-refractivity contribution in [1.29, 1.82) is 0 Å². The number of anilines is 1. The molecule has 5 nitrogen and oxygen atoms in total. The Morgan fingerprint density at radius 3 is 2.58 bits per heavy atom. The van der Waals surface area contributed by atoms with Gasteiger partial charge in [0, 0.05) is 21.2 Å². The zero-order valence-corrected chi connectivity index (χ0v) is 7.83. The summed E-state index contributed by atoms with van der Waals surface area (Å²) in [5.41, 5.74) is 0. The monoisotopic (exact) mass is 170 g/mol. The predicted octanol–water partition coefficient (Wildman–Crippen LogP) is 0.564. The van der Waals surface area contributed by atoms with Crippen LogP contribution in [0.1, 0.15) is 18.9 Å². The number of ether oxygens (including phenoxy) is 1. The smallest absolute Gasteiger partial charge is 0.224 e. The van der Waals surface area contributed by atoms with E-state index < -0.39 is 0 Å². The fraction of sp³-hybridized carbons (Fsp3) is 0.714. The van der Waals surface area contributed by atoms with Gasteiger partial charge in [0.15, 0.2) is 5.82 Å². The molecule has 0 radical (unpaired) electrons. The highest BCUT2D eigenvalue weighted by Gasteiger charge is 2.12. The Bertz CT molecular complexity index is 258. The fourth-order valence-corrected chi connectivity index (χ4v) is 1.02. The predicted molar refractivity (Wildman–Crippen MR) is 46.0 cm³/mol. The summed E-state index contributed by atoms with van der Waals surface area (Å²) in [7, 11) is 5.36. The van der Waals surface area contributed by atoms with E-state index in [1.54, 1.807) is 7.11 Å². The van der Waals surface area contributed by atoms with Gasteiger partial charge in [0.25, 0.3) is 0 Å². The molecule has 0 fully saturated rings. The molecule has 12 heavy (non-hydrogen) atoms.